The zero-order chi connectivity index (χ0) is 17.3. The molecule has 0 bridgehead atoms. The maximum absolute atomic E-state index is 12.6. The second kappa shape index (κ2) is 6.26. The van der Waals surface area contributed by atoms with Crippen molar-refractivity contribution in [2.45, 2.75) is 24.9 Å². The summed E-state index contributed by atoms with van der Waals surface area (Å²) in [5.74, 6) is 0.653. The van der Waals surface area contributed by atoms with Gasteiger partial charge in [0.25, 0.3) is 5.91 Å². The Labute approximate surface area is 137 Å². The van der Waals surface area contributed by atoms with Gasteiger partial charge < -0.3 is 9.47 Å². The van der Waals surface area contributed by atoms with E-state index in [1.807, 2.05) is 11.6 Å². The van der Waals surface area contributed by atoms with Gasteiger partial charge in [-0.05, 0) is 37.1 Å². The maximum atomic E-state index is 12.6. The van der Waals surface area contributed by atoms with Gasteiger partial charge in [0, 0.05) is 31.6 Å². The molecule has 128 valence electrons. The highest BCUT2D eigenvalue weighted by molar-refractivity contribution is 5.94. The van der Waals surface area contributed by atoms with Gasteiger partial charge in [-0.3, -0.25) is 4.79 Å². The summed E-state index contributed by atoms with van der Waals surface area (Å²) in [6, 6.07) is 4.35. The number of amides is 1. The Morgan fingerprint density at radius 2 is 1.96 bits per heavy atom. The fraction of sp³-hybridized carbons (Fsp3) is 0.438. The maximum Gasteiger partial charge on any atom is 0.416 e. The lowest BCUT2D eigenvalue weighted by atomic mass is 9.96. The van der Waals surface area contributed by atoms with Crippen molar-refractivity contribution in [1.82, 2.24) is 19.7 Å². The number of benzene rings is 1. The zero-order valence-corrected chi connectivity index (χ0v) is 13.1. The number of aryl methyl sites for hydroxylation is 1. The Kier molecular flexibility index (Phi) is 4.29. The van der Waals surface area contributed by atoms with E-state index in [-0.39, 0.29) is 17.4 Å². The van der Waals surface area contributed by atoms with Crippen LogP contribution >= 0.6 is 0 Å². The van der Waals surface area contributed by atoms with Crippen LogP contribution in [0, 0.1) is 0 Å². The highest BCUT2D eigenvalue weighted by atomic mass is 19.4. The third-order valence-corrected chi connectivity index (χ3v) is 4.28. The highest BCUT2D eigenvalue weighted by Gasteiger charge is 2.31. The molecule has 1 aliphatic heterocycles. The van der Waals surface area contributed by atoms with Crippen LogP contribution in [-0.4, -0.2) is 38.7 Å². The smallest absolute Gasteiger partial charge is 0.338 e. The number of alkyl halides is 3. The van der Waals surface area contributed by atoms with Crippen LogP contribution in [0.4, 0.5) is 13.2 Å². The van der Waals surface area contributed by atoms with Crippen molar-refractivity contribution >= 4 is 5.91 Å². The summed E-state index contributed by atoms with van der Waals surface area (Å²) in [6.07, 6.45) is -1.05. The van der Waals surface area contributed by atoms with Gasteiger partial charge in [-0.15, -0.1) is 10.2 Å². The van der Waals surface area contributed by atoms with Crippen LogP contribution in [0.25, 0.3) is 0 Å². The standard InChI is InChI=1S/C16H17F3N4O/c1-22-10-20-21-14(22)12-3-2-8-23(9-12)15(24)11-4-6-13(7-5-11)16(17,18)19/h4-7,10,12H,2-3,8-9H2,1H3/t12-/m0/s1. The second-order valence-electron chi connectivity index (χ2n) is 5.97. The summed E-state index contributed by atoms with van der Waals surface area (Å²) in [5.41, 5.74) is -0.490. The zero-order valence-electron chi connectivity index (χ0n) is 13.1. The fourth-order valence-electron chi connectivity index (χ4n) is 3.02. The van der Waals surface area contributed by atoms with Crippen molar-refractivity contribution in [3.8, 4) is 0 Å². The summed E-state index contributed by atoms with van der Waals surface area (Å²) in [6.45, 7) is 1.08. The molecule has 0 unspecified atom stereocenters. The molecular weight excluding hydrogens is 321 g/mol. The molecule has 2 aromatic rings. The van der Waals surface area contributed by atoms with Crippen molar-refractivity contribution in [1.29, 1.82) is 0 Å². The molecule has 1 saturated heterocycles. The molecule has 1 amide bonds. The highest BCUT2D eigenvalue weighted by Crippen LogP contribution is 2.30. The molecule has 0 radical (unpaired) electrons. The first-order valence-electron chi connectivity index (χ1n) is 7.66. The van der Waals surface area contributed by atoms with E-state index in [0.29, 0.717) is 13.1 Å². The first kappa shape index (κ1) is 16.5. The minimum absolute atomic E-state index is 0.0876. The fourth-order valence-corrected chi connectivity index (χ4v) is 3.02. The van der Waals surface area contributed by atoms with Crippen LogP contribution < -0.4 is 0 Å². The Bertz CT molecular complexity index is 724. The number of hydrogen-bond donors (Lipinski definition) is 0. The van der Waals surface area contributed by atoms with E-state index in [4.69, 9.17) is 0 Å². The Morgan fingerprint density at radius 1 is 1.25 bits per heavy atom. The monoisotopic (exact) mass is 338 g/mol. The van der Waals surface area contributed by atoms with Crippen molar-refractivity contribution in [3.63, 3.8) is 0 Å². The van der Waals surface area contributed by atoms with Crippen molar-refractivity contribution in [2.24, 2.45) is 7.05 Å². The van der Waals surface area contributed by atoms with Crippen molar-refractivity contribution in [2.75, 3.05) is 13.1 Å². The molecule has 1 atom stereocenters. The SMILES string of the molecule is Cn1cnnc1[C@H]1CCCN(C(=O)c2ccc(C(F)(F)F)cc2)C1. The molecule has 0 aliphatic carbocycles. The molecule has 0 N–H and O–H groups in total. The van der Waals surface area contributed by atoms with Gasteiger partial charge in [-0.2, -0.15) is 13.2 Å². The Hall–Kier alpha value is -2.38. The van der Waals surface area contributed by atoms with Gasteiger partial charge in [-0.1, -0.05) is 0 Å². The van der Waals surface area contributed by atoms with Crippen LogP contribution in [0.3, 0.4) is 0 Å². The summed E-state index contributed by atoms with van der Waals surface area (Å²) < 4.78 is 39.7. The molecule has 0 spiro atoms. The number of aromatic nitrogens is 3. The second-order valence-corrected chi connectivity index (χ2v) is 5.97. The lowest BCUT2D eigenvalue weighted by Gasteiger charge is -2.32. The van der Waals surface area contributed by atoms with E-state index in [2.05, 4.69) is 10.2 Å². The number of piperidine rings is 1. The average Bonchev–Trinajstić information content (AvgIpc) is 3.00. The van der Waals surface area contributed by atoms with E-state index in [0.717, 1.165) is 30.8 Å². The third kappa shape index (κ3) is 3.27. The van der Waals surface area contributed by atoms with Crippen LogP contribution in [0.2, 0.25) is 0 Å². The number of carbonyl (C=O) groups excluding carboxylic acids is 1. The lowest BCUT2D eigenvalue weighted by Crippen LogP contribution is -2.39. The van der Waals surface area contributed by atoms with Crippen LogP contribution in [0.5, 0.6) is 0 Å². The molecule has 0 saturated carbocycles. The van der Waals surface area contributed by atoms with Crippen molar-refractivity contribution in [3.05, 3.63) is 47.5 Å². The third-order valence-electron chi connectivity index (χ3n) is 4.28. The Balaban J connectivity index is 1.74. The van der Waals surface area contributed by atoms with Crippen LogP contribution in [-0.2, 0) is 13.2 Å². The van der Waals surface area contributed by atoms with E-state index < -0.39 is 11.7 Å². The number of rotatable bonds is 2. The van der Waals surface area contributed by atoms with Crippen LogP contribution in [0.15, 0.2) is 30.6 Å². The average molecular weight is 338 g/mol. The molecule has 24 heavy (non-hydrogen) atoms. The van der Waals surface area contributed by atoms with Gasteiger partial charge in [0.2, 0.25) is 0 Å². The van der Waals surface area contributed by atoms with E-state index in [1.165, 1.54) is 12.1 Å². The predicted octanol–water partition coefficient (Wildman–Crippen LogP) is 2.85. The van der Waals surface area contributed by atoms with Gasteiger partial charge in [0.05, 0.1) is 5.56 Å². The molecular formula is C16H17F3N4O. The van der Waals surface area contributed by atoms with E-state index in [9.17, 15) is 18.0 Å². The molecule has 3 rings (SSSR count). The first-order valence-corrected chi connectivity index (χ1v) is 7.66. The molecule has 1 fully saturated rings. The summed E-state index contributed by atoms with van der Waals surface area (Å²) in [4.78, 5) is 14.2. The van der Waals surface area contributed by atoms with Gasteiger partial charge in [-0.25, -0.2) is 0 Å². The number of likely N-dealkylation sites (tertiary alicyclic amines) is 1. The number of hydrogen-bond acceptors (Lipinski definition) is 3. The quantitative estimate of drug-likeness (QED) is 0.846. The van der Waals surface area contributed by atoms with Crippen molar-refractivity contribution < 1.29 is 18.0 Å². The largest absolute Gasteiger partial charge is 0.416 e. The minimum Gasteiger partial charge on any atom is -0.338 e. The lowest BCUT2D eigenvalue weighted by molar-refractivity contribution is -0.137. The molecule has 1 aliphatic rings. The molecule has 1 aromatic heterocycles. The normalized spacial score (nSPS) is 18.7. The minimum atomic E-state index is -4.40. The van der Waals surface area contributed by atoms with Gasteiger partial charge in [0.15, 0.2) is 0 Å². The summed E-state index contributed by atoms with van der Waals surface area (Å²) >= 11 is 0. The van der Waals surface area contributed by atoms with E-state index in [1.54, 1.807) is 11.2 Å². The number of carbonyl (C=O) groups is 1. The number of halogens is 3. The Morgan fingerprint density at radius 3 is 2.54 bits per heavy atom. The molecule has 1 aromatic carbocycles. The van der Waals surface area contributed by atoms with Crippen LogP contribution in [0.1, 0.15) is 40.5 Å². The summed E-state index contributed by atoms with van der Waals surface area (Å²) in [5, 5.41) is 7.96. The first-order chi connectivity index (χ1) is 11.4. The summed E-state index contributed by atoms with van der Waals surface area (Å²) in [7, 11) is 1.85. The number of nitrogens with zero attached hydrogens (tertiary/aromatic N) is 4. The van der Waals surface area contributed by atoms with Gasteiger partial charge in [0.1, 0.15) is 12.2 Å². The van der Waals surface area contributed by atoms with Gasteiger partial charge >= 0.3 is 6.18 Å². The molecule has 2 heterocycles. The topological polar surface area (TPSA) is 51.0 Å². The van der Waals surface area contributed by atoms with E-state index >= 15 is 0 Å². The molecule has 8 heteroatoms. The predicted molar refractivity (Wildman–Crippen MR) is 80.3 cm³/mol. The molecule has 5 nitrogen and oxygen atoms in total.